The molecule has 2 N–H and O–H groups in total. The maximum Gasteiger partial charge on any atom is 0.547 e. The summed E-state index contributed by atoms with van der Waals surface area (Å²) in [4.78, 5) is 34.9. The van der Waals surface area contributed by atoms with Gasteiger partial charge in [-0.25, -0.2) is 4.79 Å². The smallest absolute Gasteiger partial charge is 0.534 e. The first-order valence-electron chi connectivity index (χ1n) is 8.35. The lowest BCUT2D eigenvalue weighted by Gasteiger charge is -2.29. The Morgan fingerprint density at radius 2 is 2.12 bits per heavy atom. The van der Waals surface area contributed by atoms with E-state index >= 15 is 0 Å². The summed E-state index contributed by atoms with van der Waals surface area (Å²) in [5.74, 6) is -1.27. The van der Waals surface area contributed by atoms with Crippen molar-refractivity contribution in [3.63, 3.8) is 0 Å². The van der Waals surface area contributed by atoms with Crippen LogP contribution < -0.4 is 9.97 Å². The molecule has 0 unspecified atom stereocenters. The zero-order valence-corrected chi connectivity index (χ0v) is 14.4. The fraction of sp³-hybridized carbons (Fsp3) is 0.471. The molecule has 7 nitrogen and oxygen atoms in total. The van der Waals surface area contributed by atoms with E-state index in [4.69, 9.17) is 9.39 Å². The van der Waals surface area contributed by atoms with E-state index in [1.807, 2.05) is 6.92 Å². The van der Waals surface area contributed by atoms with Gasteiger partial charge in [0.25, 0.3) is 0 Å². The summed E-state index contributed by atoms with van der Waals surface area (Å²) in [6, 6.07) is 5.05. The number of para-hydroxylation sites is 1. The molecule has 1 aliphatic rings. The van der Waals surface area contributed by atoms with Gasteiger partial charge in [-0.3, -0.25) is 4.79 Å². The van der Waals surface area contributed by atoms with Gasteiger partial charge in [-0.15, -0.1) is 0 Å². The Balaban J connectivity index is 2.08. The van der Waals surface area contributed by atoms with Gasteiger partial charge in [-0.05, 0) is 31.4 Å². The summed E-state index contributed by atoms with van der Waals surface area (Å²) in [6.07, 6.45) is 1.24. The predicted octanol–water partition coefficient (Wildman–Crippen LogP) is 1.06. The highest BCUT2D eigenvalue weighted by molar-refractivity contribution is 6.47. The Hall–Kier alpha value is -2.35. The van der Waals surface area contributed by atoms with Gasteiger partial charge in [0.05, 0.1) is 12.5 Å². The third-order valence-corrected chi connectivity index (χ3v) is 3.83. The van der Waals surface area contributed by atoms with Crippen molar-refractivity contribution in [3.05, 3.63) is 29.3 Å². The normalized spacial score (nSPS) is 15.8. The minimum atomic E-state index is -1.28. The van der Waals surface area contributed by atoms with E-state index in [0.29, 0.717) is 25.0 Å². The minimum absolute atomic E-state index is 0.0643. The fourth-order valence-electron chi connectivity index (χ4n) is 2.55. The van der Waals surface area contributed by atoms with Crippen molar-refractivity contribution in [3.8, 4) is 5.75 Å². The van der Waals surface area contributed by atoms with Crippen LogP contribution in [0, 0.1) is 0 Å². The van der Waals surface area contributed by atoms with Crippen LogP contribution >= 0.6 is 0 Å². The number of ether oxygens (including phenoxy) is 1. The maximum atomic E-state index is 12.1. The molecule has 0 radical (unpaired) electrons. The van der Waals surface area contributed by atoms with Crippen molar-refractivity contribution in [1.29, 1.82) is 0 Å². The van der Waals surface area contributed by atoms with E-state index in [1.165, 1.54) is 6.92 Å². The molecule has 1 aliphatic heterocycles. The van der Waals surface area contributed by atoms with Crippen LogP contribution in [0.4, 0.5) is 0 Å². The first-order chi connectivity index (χ1) is 11.9. The van der Waals surface area contributed by atoms with E-state index in [2.05, 4.69) is 5.32 Å². The molecule has 1 amide bonds. The molecule has 25 heavy (non-hydrogen) atoms. The highest BCUT2D eigenvalue weighted by Crippen LogP contribution is 2.30. The second-order valence-electron chi connectivity index (χ2n) is 6.02. The third-order valence-electron chi connectivity index (χ3n) is 3.83. The first kappa shape index (κ1) is 19.0. The van der Waals surface area contributed by atoms with Gasteiger partial charge >= 0.3 is 13.1 Å². The third kappa shape index (κ3) is 5.06. The number of Topliss-reactive ketones (excluding diaryl/α,β-unsaturated/α-hetero) is 1. The van der Waals surface area contributed by atoms with Gasteiger partial charge in [0, 0.05) is 12.8 Å². The Bertz CT molecular complexity index is 663. The number of benzene rings is 1. The van der Waals surface area contributed by atoms with E-state index in [9.17, 15) is 19.4 Å². The Morgan fingerprint density at radius 3 is 2.80 bits per heavy atom. The molecule has 134 valence electrons. The van der Waals surface area contributed by atoms with Gasteiger partial charge in [-0.2, -0.15) is 0 Å². The number of carbonyl (C=O) groups is 3. The summed E-state index contributed by atoms with van der Waals surface area (Å²) in [5.41, 5.74) is 0.958. The average Bonchev–Trinajstić information content (AvgIpc) is 2.58. The molecule has 0 saturated carbocycles. The van der Waals surface area contributed by atoms with Gasteiger partial charge in [0.15, 0.2) is 0 Å². The molecular weight excluding hydrogens is 325 g/mol. The van der Waals surface area contributed by atoms with E-state index < -0.39 is 19.0 Å². The van der Waals surface area contributed by atoms with Crippen molar-refractivity contribution in [1.82, 2.24) is 5.32 Å². The number of hydrogen-bond donors (Lipinski definition) is 2. The first-order valence-corrected chi connectivity index (χ1v) is 8.35. The number of rotatable bonds is 7. The highest BCUT2D eigenvalue weighted by atomic mass is 16.5. The molecular formula is C17H22BNO6. The van der Waals surface area contributed by atoms with Gasteiger partial charge in [0.1, 0.15) is 17.1 Å². The van der Waals surface area contributed by atoms with Crippen molar-refractivity contribution >= 4 is 24.8 Å². The van der Waals surface area contributed by atoms with Crippen LogP contribution in [0.2, 0.25) is 0 Å². The zero-order valence-electron chi connectivity index (χ0n) is 14.4. The molecule has 1 heterocycles. The number of nitrogens with one attached hydrogen (secondary N) is 1. The average molecular weight is 347 g/mol. The summed E-state index contributed by atoms with van der Waals surface area (Å²) < 4.78 is 10.6. The molecule has 0 aromatic heterocycles. The van der Waals surface area contributed by atoms with Gasteiger partial charge in [-0.1, -0.05) is 19.1 Å². The monoisotopic (exact) mass is 347 g/mol. The van der Waals surface area contributed by atoms with Crippen LogP contribution in [0.5, 0.6) is 5.75 Å². The lowest BCUT2D eigenvalue weighted by atomic mass is 9.72. The topological polar surface area (TPSA) is 102 Å². The van der Waals surface area contributed by atoms with E-state index in [-0.39, 0.29) is 35.8 Å². The molecule has 0 spiro atoms. The number of esters is 1. The summed E-state index contributed by atoms with van der Waals surface area (Å²) >= 11 is 0. The number of amides is 1. The summed E-state index contributed by atoms with van der Waals surface area (Å²) in [5, 5.41) is 12.8. The Kier molecular flexibility index (Phi) is 6.58. The Labute approximate surface area is 146 Å². The van der Waals surface area contributed by atoms with E-state index in [1.54, 1.807) is 18.2 Å². The van der Waals surface area contributed by atoms with Crippen LogP contribution in [0.1, 0.15) is 49.0 Å². The lowest BCUT2D eigenvalue weighted by molar-refractivity contribution is -0.124. The zero-order chi connectivity index (χ0) is 18.4. The maximum absolute atomic E-state index is 12.1. The highest BCUT2D eigenvalue weighted by Gasteiger charge is 2.37. The molecule has 0 bridgehead atoms. The molecule has 0 saturated heterocycles. The van der Waals surface area contributed by atoms with Gasteiger partial charge < -0.3 is 24.5 Å². The quantitative estimate of drug-likeness (QED) is 0.565. The molecule has 8 heteroatoms. The summed E-state index contributed by atoms with van der Waals surface area (Å²) in [6.45, 7) is 3.62. The molecule has 0 fully saturated rings. The predicted molar refractivity (Wildman–Crippen MR) is 91.2 cm³/mol. The van der Waals surface area contributed by atoms with Gasteiger partial charge in [0.2, 0.25) is 5.91 Å². The van der Waals surface area contributed by atoms with Crippen LogP contribution in [-0.4, -0.2) is 42.4 Å². The lowest BCUT2D eigenvalue weighted by Crippen LogP contribution is -2.53. The second kappa shape index (κ2) is 8.66. The van der Waals surface area contributed by atoms with Crippen LogP contribution in [0.15, 0.2) is 18.2 Å². The standard InChI is InChI=1S/C17H22BNO6/c1-3-9-24-17(22)13-6-4-5-12-10-14(18(23)25-16(12)13)19-15(21)8-7-11(2)20/h4-6,14,23H,3,7-10H2,1-2H3,(H,19,21)/t14-/m0/s1. The number of fused-ring (bicyclic) bond motifs is 1. The van der Waals surface area contributed by atoms with Crippen LogP contribution in [0.3, 0.4) is 0 Å². The van der Waals surface area contributed by atoms with Crippen molar-refractivity contribution < 1.29 is 28.8 Å². The van der Waals surface area contributed by atoms with Crippen molar-refractivity contribution in [2.24, 2.45) is 0 Å². The number of ketones is 1. The Morgan fingerprint density at radius 1 is 1.36 bits per heavy atom. The minimum Gasteiger partial charge on any atom is -0.534 e. The molecule has 1 atom stereocenters. The largest absolute Gasteiger partial charge is 0.547 e. The van der Waals surface area contributed by atoms with Crippen molar-refractivity contribution in [2.75, 3.05) is 6.61 Å². The van der Waals surface area contributed by atoms with Crippen LogP contribution in [0.25, 0.3) is 0 Å². The van der Waals surface area contributed by atoms with Crippen molar-refractivity contribution in [2.45, 2.75) is 45.5 Å². The molecule has 2 rings (SSSR count). The molecule has 1 aromatic carbocycles. The number of hydrogen-bond acceptors (Lipinski definition) is 6. The van der Waals surface area contributed by atoms with E-state index in [0.717, 1.165) is 0 Å². The summed E-state index contributed by atoms with van der Waals surface area (Å²) in [7, 11) is -1.28. The molecule has 1 aromatic rings. The SMILES string of the molecule is CCCOC(=O)c1cccc2c1OB(O)[C@@H](NC(=O)CCC(C)=O)C2. The second-order valence-corrected chi connectivity index (χ2v) is 6.02. The number of carbonyl (C=O) groups excluding carboxylic acids is 3. The molecule has 0 aliphatic carbocycles. The fourth-order valence-corrected chi connectivity index (χ4v) is 2.55. The van der Waals surface area contributed by atoms with Crippen LogP contribution in [-0.2, 0) is 20.7 Å².